The molecule has 0 spiro atoms. The number of para-hydroxylation sites is 1. The Kier molecular flexibility index (Phi) is 6.12. The Bertz CT molecular complexity index is 965. The standard InChI is InChI=1S/C21H21F2N3O2S/c1-11-8-9-14(10-12(11)2)25-19(27)17-13(3)24-21(29)26-18(17)15-6-4-5-7-16(15)28-20(22)23/h4-10,17-18,20H,3H2,1-2H3,(H,25,27)(H2,24,26,29)/t17-,18-/m0/s1. The minimum Gasteiger partial charge on any atom is -0.434 e. The zero-order chi connectivity index (χ0) is 21.1. The lowest BCUT2D eigenvalue weighted by Gasteiger charge is -2.36. The van der Waals surface area contributed by atoms with E-state index in [1.54, 1.807) is 24.3 Å². The van der Waals surface area contributed by atoms with Crippen LogP contribution in [0.5, 0.6) is 5.75 Å². The van der Waals surface area contributed by atoms with Crippen LogP contribution in [0.4, 0.5) is 14.5 Å². The number of hydrogen-bond acceptors (Lipinski definition) is 3. The molecule has 1 saturated heterocycles. The van der Waals surface area contributed by atoms with Crippen molar-refractivity contribution in [1.82, 2.24) is 10.6 Å². The summed E-state index contributed by atoms with van der Waals surface area (Å²) in [4.78, 5) is 13.1. The first-order valence-corrected chi connectivity index (χ1v) is 9.35. The van der Waals surface area contributed by atoms with Gasteiger partial charge >= 0.3 is 6.61 Å². The van der Waals surface area contributed by atoms with Gasteiger partial charge in [0.25, 0.3) is 0 Å². The fourth-order valence-corrected chi connectivity index (χ4v) is 3.49. The molecule has 152 valence electrons. The van der Waals surface area contributed by atoms with E-state index in [2.05, 4.69) is 27.3 Å². The number of amides is 1. The molecule has 0 unspecified atom stereocenters. The summed E-state index contributed by atoms with van der Waals surface area (Å²) >= 11 is 5.19. The molecule has 1 heterocycles. The van der Waals surface area contributed by atoms with Gasteiger partial charge in [-0.1, -0.05) is 30.8 Å². The zero-order valence-corrected chi connectivity index (χ0v) is 16.8. The number of nitrogens with one attached hydrogen (secondary N) is 3. The first-order chi connectivity index (χ1) is 13.8. The van der Waals surface area contributed by atoms with Crippen molar-refractivity contribution < 1.29 is 18.3 Å². The van der Waals surface area contributed by atoms with Crippen molar-refractivity contribution in [1.29, 1.82) is 0 Å². The maximum absolute atomic E-state index is 13.1. The lowest BCUT2D eigenvalue weighted by Crippen LogP contribution is -2.51. The van der Waals surface area contributed by atoms with Crippen LogP contribution in [0.25, 0.3) is 0 Å². The number of ether oxygens (including phenoxy) is 1. The molecule has 8 heteroatoms. The minimum atomic E-state index is -2.99. The number of halogens is 2. The molecule has 3 N–H and O–H groups in total. The molecule has 3 rings (SSSR count). The van der Waals surface area contributed by atoms with Crippen LogP contribution in [0.3, 0.4) is 0 Å². The van der Waals surface area contributed by atoms with Crippen molar-refractivity contribution >= 4 is 28.9 Å². The average Bonchev–Trinajstić information content (AvgIpc) is 2.64. The summed E-state index contributed by atoms with van der Waals surface area (Å²) in [6, 6.07) is 11.2. The van der Waals surface area contributed by atoms with E-state index in [4.69, 9.17) is 12.2 Å². The zero-order valence-electron chi connectivity index (χ0n) is 16.0. The number of aryl methyl sites for hydroxylation is 2. The van der Waals surface area contributed by atoms with E-state index in [1.807, 2.05) is 26.0 Å². The third-order valence-electron chi connectivity index (χ3n) is 4.80. The molecule has 0 aromatic heterocycles. The van der Waals surface area contributed by atoms with Gasteiger partial charge < -0.3 is 20.7 Å². The second kappa shape index (κ2) is 8.57. The van der Waals surface area contributed by atoms with Crippen LogP contribution in [0.2, 0.25) is 0 Å². The Balaban J connectivity index is 1.94. The highest BCUT2D eigenvalue weighted by atomic mass is 32.1. The van der Waals surface area contributed by atoms with Crippen molar-refractivity contribution in [2.24, 2.45) is 5.92 Å². The van der Waals surface area contributed by atoms with Crippen molar-refractivity contribution in [2.75, 3.05) is 5.32 Å². The number of alkyl halides is 2. The second-order valence-corrected chi connectivity index (χ2v) is 7.19. The summed E-state index contributed by atoms with van der Waals surface area (Å²) in [5.41, 5.74) is 3.53. The number of carbonyl (C=O) groups is 1. The quantitative estimate of drug-likeness (QED) is 0.637. The summed E-state index contributed by atoms with van der Waals surface area (Å²) in [6.07, 6.45) is 0. The summed E-state index contributed by atoms with van der Waals surface area (Å²) < 4.78 is 30.4. The molecule has 1 aliphatic rings. The van der Waals surface area contributed by atoms with Crippen LogP contribution >= 0.6 is 12.2 Å². The maximum atomic E-state index is 13.1. The Hall–Kier alpha value is -3.00. The number of benzene rings is 2. The Morgan fingerprint density at radius 1 is 1.21 bits per heavy atom. The largest absolute Gasteiger partial charge is 0.434 e. The van der Waals surface area contributed by atoms with Crippen LogP contribution in [0.15, 0.2) is 54.7 Å². The molecule has 1 fully saturated rings. The van der Waals surface area contributed by atoms with Gasteiger partial charge in [0.05, 0.1) is 6.04 Å². The first-order valence-electron chi connectivity index (χ1n) is 8.94. The van der Waals surface area contributed by atoms with E-state index in [0.717, 1.165) is 11.1 Å². The number of hydrogen-bond donors (Lipinski definition) is 3. The van der Waals surface area contributed by atoms with E-state index in [0.29, 0.717) is 16.9 Å². The van der Waals surface area contributed by atoms with Crippen molar-refractivity contribution in [3.63, 3.8) is 0 Å². The van der Waals surface area contributed by atoms with Gasteiger partial charge in [-0.3, -0.25) is 4.79 Å². The number of carbonyl (C=O) groups excluding carboxylic acids is 1. The van der Waals surface area contributed by atoms with Crippen molar-refractivity contribution in [3.8, 4) is 5.75 Å². The summed E-state index contributed by atoms with van der Waals surface area (Å²) in [5.74, 6) is -1.19. The van der Waals surface area contributed by atoms with Crippen molar-refractivity contribution in [3.05, 3.63) is 71.4 Å². The lowest BCUT2D eigenvalue weighted by molar-refractivity contribution is -0.119. The van der Waals surface area contributed by atoms with Gasteiger partial charge in [-0.2, -0.15) is 8.78 Å². The highest BCUT2D eigenvalue weighted by molar-refractivity contribution is 7.80. The van der Waals surface area contributed by atoms with Gasteiger partial charge in [0, 0.05) is 16.9 Å². The molecular formula is C21H21F2N3O2S. The van der Waals surface area contributed by atoms with Gasteiger partial charge in [-0.05, 0) is 55.4 Å². The van der Waals surface area contributed by atoms with Gasteiger partial charge in [0.2, 0.25) is 5.91 Å². The molecule has 0 radical (unpaired) electrons. The van der Waals surface area contributed by atoms with Crippen LogP contribution in [-0.2, 0) is 4.79 Å². The van der Waals surface area contributed by atoms with Crippen LogP contribution in [0, 0.1) is 19.8 Å². The topological polar surface area (TPSA) is 62.4 Å². The third-order valence-corrected chi connectivity index (χ3v) is 5.02. The molecule has 1 amide bonds. The smallest absolute Gasteiger partial charge is 0.387 e. The first kappa shape index (κ1) is 20.7. The Morgan fingerprint density at radius 2 is 1.93 bits per heavy atom. The fourth-order valence-electron chi connectivity index (χ4n) is 3.23. The number of thiocarbonyl (C=S) groups is 1. The summed E-state index contributed by atoms with van der Waals surface area (Å²) in [7, 11) is 0. The molecule has 2 atom stereocenters. The van der Waals surface area contributed by atoms with Crippen LogP contribution in [-0.4, -0.2) is 17.6 Å². The van der Waals surface area contributed by atoms with E-state index >= 15 is 0 Å². The molecule has 2 aromatic carbocycles. The molecule has 1 aliphatic heterocycles. The van der Waals surface area contributed by atoms with E-state index in [-0.39, 0.29) is 16.8 Å². The second-order valence-electron chi connectivity index (χ2n) is 6.78. The predicted molar refractivity (Wildman–Crippen MR) is 112 cm³/mol. The number of rotatable bonds is 5. The van der Waals surface area contributed by atoms with E-state index < -0.39 is 18.6 Å². The SMILES string of the molecule is C=C1NC(=S)N[C@@H](c2ccccc2OC(F)F)[C@H]1C(=O)Nc1ccc(C)c(C)c1. The summed E-state index contributed by atoms with van der Waals surface area (Å²) in [5, 5.41) is 8.97. The predicted octanol–water partition coefficient (Wildman–Crippen LogP) is 4.19. The van der Waals surface area contributed by atoms with E-state index in [9.17, 15) is 13.6 Å². The molecule has 5 nitrogen and oxygen atoms in total. The molecule has 0 bridgehead atoms. The van der Waals surface area contributed by atoms with Crippen LogP contribution in [0.1, 0.15) is 22.7 Å². The van der Waals surface area contributed by atoms with Gasteiger partial charge in [-0.15, -0.1) is 0 Å². The minimum absolute atomic E-state index is 0.0264. The normalized spacial score (nSPS) is 18.8. The molecular weight excluding hydrogens is 396 g/mol. The van der Waals surface area contributed by atoms with Gasteiger partial charge in [0.15, 0.2) is 5.11 Å². The third kappa shape index (κ3) is 4.71. The highest BCUT2D eigenvalue weighted by Crippen LogP contribution is 2.36. The fraction of sp³-hybridized carbons (Fsp3) is 0.238. The Morgan fingerprint density at radius 3 is 2.62 bits per heavy atom. The maximum Gasteiger partial charge on any atom is 0.387 e. The van der Waals surface area contributed by atoms with E-state index in [1.165, 1.54) is 6.07 Å². The lowest BCUT2D eigenvalue weighted by atomic mass is 9.87. The molecule has 2 aromatic rings. The van der Waals surface area contributed by atoms with Crippen LogP contribution < -0.4 is 20.7 Å². The Labute approximate surface area is 173 Å². The number of anilines is 1. The summed E-state index contributed by atoms with van der Waals surface area (Å²) in [6.45, 7) is 4.86. The van der Waals surface area contributed by atoms with Gasteiger partial charge in [0.1, 0.15) is 11.7 Å². The molecule has 0 aliphatic carbocycles. The monoisotopic (exact) mass is 417 g/mol. The highest BCUT2D eigenvalue weighted by Gasteiger charge is 2.38. The molecule has 29 heavy (non-hydrogen) atoms. The average molecular weight is 417 g/mol. The molecule has 0 saturated carbocycles. The van der Waals surface area contributed by atoms with Gasteiger partial charge in [-0.25, -0.2) is 0 Å². The van der Waals surface area contributed by atoms with Crippen molar-refractivity contribution in [2.45, 2.75) is 26.5 Å².